The van der Waals surface area contributed by atoms with Gasteiger partial charge in [0.1, 0.15) is 10.6 Å². The van der Waals surface area contributed by atoms with E-state index in [0.717, 1.165) is 11.3 Å². The van der Waals surface area contributed by atoms with Crippen LogP contribution in [0.1, 0.15) is 21.5 Å². The fraction of sp³-hybridized carbons (Fsp3) is 0.455. The van der Waals surface area contributed by atoms with Crippen LogP contribution in [0.4, 0.5) is 8.78 Å². The van der Waals surface area contributed by atoms with Crippen molar-refractivity contribution in [2.75, 3.05) is 6.54 Å². The summed E-state index contributed by atoms with van der Waals surface area (Å²) in [5, 5.41) is 11.0. The average Bonchev–Trinajstić information content (AvgIpc) is 2.65. The number of aryl methyl sites for hydroxylation is 1. The number of amides is 1. The van der Waals surface area contributed by atoms with Crippen LogP contribution >= 0.6 is 11.3 Å². The number of alkyl halides is 2. The minimum absolute atomic E-state index is 0.00962. The number of rotatable bonds is 6. The van der Waals surface area contributed by atoms with Gasteiger partial charge in [0.15, 0.2) is 0 Å². The van der Waals surface area contributed by atoms with Crippen LogP contribution in [-0.2, 0) is 4.79 Å². The van der Waals surface area contributed by atoms with Crippen molar-refractivity contribution in [2.45, 2.75) is 20.5 Å². The Morgan fingerprint density at radius 3 is 2.68 bits per heavy atom. The number of hydrogen-bond donors (Lipinski definition) is 2. The van der Waals surface area contributed by atoms with Gasteiger partial charge < -0.3 is 15.2 Å². The maximum atomic E-state index is 12.2. The standard InChI is InChI=1S/C11H13F2NO4S/c1-5(10(16)17)4-14-9(15)8-7(18-11(12)13)3-6(2)19-8/h3,5,11H,4H2,1-2H3,(H,14,15)(H,16,17)/t5-/m1/s1. The molecule has 0 spiro atoms. The topological polar surface area (TPSA) is 75.6 Å². The molecular formula is C11H13F2NO4S. The molecule has 0 fully saturated rings. The Hall–Kier alpha value is -1.70. The number of carbonyl (C=O) groups excluding carboxylic acids is 1. The first-order valence-corrected chi connectivity index (χ1v) is 6.19. The molecule has 8 heteroatoms. The van der Waals surface area contributed by atoms with Gasteiger partial charge in [-0.3, -0.25) is 9.59 Å². The molecule has 0 saturated heterocycles. The van der Waals surface area contributed by atoms with Crippen LogP contribution in [-0.4, -0.2) is 30.1 Å². The summed E-state index contributed by atoms with van der Waals surface area (Å²) >= 11 is 1.01. The summed E-state index contributed by atoms with van der Waals surface area (Å²) in [4.78, 5) is 23.0. The Labute approximate surface area is 112 Å². The van der Waals surface area contributed by atoms with Crippen molar-refractivity contribution in [3.63, 3.8) is 0 Å². The molecule has 1 aromatic heterocycles. The van der Waals surface area contributed by atoms with Crippen LogP contribution in [0.5, 0.6) is 5.75 Å². The molecule has 0 aliphatic carbocycles. The quantitative estimate of drug-likeness (QED) is 0.842. The smallest absolute Gasteiger partial charge is 0.387 e. The van der Waals surface area contributed by atoms with Crippen LogP contribution in [0.15, 0.2) is 6.07 Å². The van der Waals surface area contributed by atoms with Gasteiger partial charge in [-0.05, 0) is 13.0 Å². The Morgan fingerprint density at radius 1 is 1.53 bits per heavy atom. The van der Waals surface area contributed by atoms with E-state index in [4.69, 9.17) is 5.11 Å². The molecule has 1 rings (SSSR count). The van der Waals surface area contributed by atoms with E-state index in [1.165, 1.54) is 13.0 Å². The summed E-state index contributed by atoms with van der Waals surface area (Å²) in [6.07, 6.45) is 0. The molecule has 2 N–H and O–H groups in total. The Balaban J connectivity index is 2.73. The fourth-order valence-corrected chi connectivity index (χ4v) is 2.11. The van der Waals surface area contributed by atoms with Crippen LogP contribution in [0.2, 0.25) is 0 Å². The zero-order chi connectivity index (χ0) is 14.6. The summed E-state index contributed by atoms with van der Waals surface area (Å²) in [7, 11) is 0. The second-order valence-corrected chi connectivity index (χ2v) is 5.13. The van der Waals surface area contributed by atoms with Gasteiger partial charge in [0.25, 0.3) is 5.91 Å². The SMILES string of the molecule is Cc1cc(OC(F)F)c(C(=O)NC[C@@H](C)C(=O)O)s1. The Bertz CT molecular complexity index is 475. The third-order valence-electron chi connectivity index (χ3n) is 2.23. The number of nitrogens with one attached hydrogen (secondary N) is 1. The molecule has 0 aliphatic rings. The monoisotopic (exact) mass is 293 g/mol. The number of carboxylic acid groups (broad SMARTS) is 1. The average molecular weight is 293 g/mol. The molecule has 106 valence electrons. The van der Waals surface area contributed by atoms with Crippen molar-refractivity contribution < 1.29 is 28.2 Å². The van der Waals surface area contributed by atoms with Crippen molar-refractivity contribution in [3.05, 3.63) is 15.8 Å². The number of carbonyl (C=O) groups is 2. The highest BCUT2D eigenvalue weighted by Crippen LogP contribution is 2.30. The largest absolute Gasteiger partial charge is 0.481 e. The number of halogens is 2. The van der Waals surface area contributed by atoms with Crippen LogP contribution in [0, 0.1) is 12.8 Å². The lowest BCUT2D eigenvalue weighted by Crippen LogP contribution is -2.31. The van der Waals surface area contributed by atoms with Gasteiger partial charge in [-0.1, -0.05) is 6.92 Å². The molecule has 5 nitrogen and oxygen atoms in total. The molecule has 1 atom stereocenters. The lowest BCUT2D eigenvalue weighted by Gasteiger charge is -2.09. The number of aliphatic carboxylic acids is 1. The van der Waals surface area contributed by atoms with Crippen molar-refractivity contribution in [1.82, 2.24) is 5.32 Å². The van der Waals surface area contributed by atoms with Crippen molar-refractivity contribution in [3.8, 4) is 5.75 Å². The highest BCUT2D eigenvalue weighted by Gasteiger charge is 2.20. The van der Waals surface area contributed by atoms with E-state index in [1.807, 2.05) is 0 Å². The first-order chi connectivity index (χ1) is 8.81. The second-order valence-electron chi connectivity index (χ2n) is 3.88. The zero-order valence-corrected chi connectivity index (χ0v) is 11.1. The number of hydrogen-bond acceptors (Lipinski definition) is 4. The first kappa shape index (κ1) is 15.4. The molecule has 0 radical (unpaired) electrons. The van der Waals surface area contributed by atoms with E-state index >= 15 is 0 Å². The van der Waals surface area contributed by atoms with Gasteiger partial charge in [-0.15, -0.1) is 11.3 Å². The maximum absolute atomic E-state index is 12.2. The molecule has 1 aromatic rings. The van der Waals surface area contributed by atoms with Crippen molar-refractivity contribution in [2.24, 2.45) is 5.92 Å². The van der Waals surface area contributed by atoms with Gasteiger partial charge >= 0.3 is 12.6 Å². The highest BCUT2D eigenvalue weighted by atomic mass is 32.1. The normalized spacial score (nSPS) is 12.3. The van der Waals surface area contributed by atoms with Gasteiger partial charge in [0, 0.05) is 11.4 Å². The summed E-state index contributed by atoms with van der Waals surface area (Å²) in [5.74, 6) is -2.63. The van der Waals surface area contributed by atoms with Crippen molar-refractivity contribution >= 4 is 23.2 Å². The van der Waals surface area contributed by atoms with E-state index in [9.17, 15) is 18.4 Å². The van der Waals surface area contributed by atoms with Gasteiger partial charge in [0.05, 0.1) is 5.92 Å². The lowest BCUT2D eigenvalue weighted by molar-refractivity contribution is -0.140. The maximum Gasteiger partial charge on any atom is 0.387 e. The number of carboxylic acids is 1. The Kier molecular flexibility index (Phi) is 5.22. The molecule has 0 unspecified atom stereocenters. The van der Waals surface area contributed by atoms with Gasteiger partial charge in [0.2, 0.25) is 0 Å². The van der Waals surface area contributed by atoms with E-state index in [2.05, 4.69) is 10.1 Å². The van der Waals surface area contributed by atoms with Crippen LogP contribution < -0.4 is 10.1 Å². The molecular weight excluding hydrogens is 280 g/mol. The third kappa shape index (κ3) is 4.47. The summed E-state index contributed by atoms with van der Waals surface area (Å²) in [6, 6.07) is 1.34. The highest BCUT2D eigenvalue weighted by molar-refractivity contribution is 7.14. The molecule has 19 heavy (non-hydrogen) atoms. The van der Waals surface area contributed by atoms with Crippen LogP contribution in [0.25, 0.3) is 0 Å². The molecule has 0 aliphatic heterocycles. The molecule has 0 bridgehead atoms. The molecule has 0 aromatic carbocycles. The van der Waals surface area contributed by atoms with E-state index in [1.54, 1.807) is 6.92 Å². The second kappa shape index (κ2) is 6.46. The zero-order valence-electron chi connectivity index (χ0n) is 10.3. The summed E-state index contributed by atoms with van der Waals surface area (Å²) < 4.78 is 28.6. The van der Waals surface area contributed by atoms with Crippen molar-refractivity contribution in [1.29, 1.82) is 0 Å². The predicted molar refractivity (Wildman–Crippen MR) is 64.8 cm³/mol. The van der Waals surface area contributed by atoms with E-state index in [0.29, 0.717) is 4.88 Å². The van der Waals surface area contributed by atoms with Gasteiger partial charge in [-0.25, -0.2) is 0 Å². The van der Waals surface area contributed by atoms with Gasteiger partial charge in [-0.2, -0.15) is 8.78 Å². The summed E-state index contributed by atoms with van der Waals surface area (Å²) in [5.41, 5.74) is 0. The molecule has 0 saturated carbocycles. The third-order valence-corrected chi connectivity index (χ3v) is 3.26. The van der Waals surface area contributed by atoms with E-state index < -0.39 is 24.4 Å². The minimum atomic E-state index is -3.02. The number of ether oxygens (including phenoxy) is 1. The minimum Gasteiger partial charge on any atom is -0.481 e. The lowest BCUT2D eigenvalue weighted by atomic mass is 10.2. The molecule has 1 heterocycles. The summed E-state index contributed by atoms with van der Waals surface area (Å²) in [6.45, 7) is -0.0175. The predicted octanol–water partition coefficient (Wildman–Crippen LogP) is 2.11. The first-order valence-electron chi connectivity index (χ1n) is 5.37. The Morgan fingerprint density at radius 2 is 2.16 bits per heavy atom. The molecule has 1 amide bonds. The number of thiophene rings is 1. The van der Waals surface area contributed by atoms with E-state index in [-0.39, 0.29) is 17.2 Å². The van der Waals surface area contributed by atoms with Crippen LogP contribution in [0.3, 0.4) is 0 Å². The fourth-order valence-electron chi connectivity index (χ4n) is 1.25.